The Morgan fingerprint density at radius 3 is 2.51 bits per heavy atom. The largest absolute Gasteiger partial charge is 0.336 e. The van der Waals surface area contributed by atoms with Gasteiger partial charge in [0.1, 0.15) is 11.2 Å². The fourth-order valence-corrected chi connectivity index (χ4v) is 5.20. The summed E-state index contributed by atoms with van der Waals surface area (Å²) in [4.78, 5) is 37.4. The fraction of sp³-hybridized carbons (Fsp3) is 0.538. The van der Waals surface area contributed by atoms with Gasteiger partial charge in [0.25, 0.3) is 0 Å². The maximum atomic E-state index is 13.3. The van der Waals surface area contributed by atoms with Gasteiger partial charge in [-0.25, -0.2) is 9.97 Å². The summed E-state index contributed by atoms with van der Waals surface area (Å²) in [6.45, 7) is 6.58. The van der Waals surface area contributed by atoms with Gasteiger partial charge in [-0.15, -0.1) is 11.8 Å². The first-order valence-corrected chi connectivity index (χ1v) is 13.8. The van der Waals surface area contributed by atoms with Crippen LogP contribution in [0.5, 0.6) is 0 Å². The molecule has 1 N–H and O–H groups in total. The molecule has 9 heteroatoms. The first-order valence-electron chi connectivity index (χ1n) is 12.5. The van der Waals surface area contributed by atoms with Crippen LogP contribution in [-0.4, -0.2) is 54.0 Å². The van der Waals surface area contributed by atoms with Gasteiger partial charge in [-0.1, -0.05) is 13.8 Å². The van der Waals surface area contributed by atoms with E-state index in [4.69, 9.17) is 4.98 Å². The minimum absolute atomic E-state index is 0.0637. The molecule has 3 aromatic heterocycles. The number of aryl methyl sites for hydroxylation is 2. The number of anilines is 1. The average molecular weight is 495 g/mol. The number of hydrogen-bond acceptors (Lipinski definition) is 6. The number of carbonyl (C=O) groups is 2. The van der Waals surface area contributed by atoms with Crippen molar-refractivity contribution in [1.29, 1.82) is 0 Å². The molecule has 2 aliphatic rings. The van der Waals surface area contributed by atoms with Crippen LogP contribution >= 0.6 is 11.8 Å². The predicted octanol–water partition coefficient (Wildman–Crippen LogP) is 4.48. The quantitative estimate of drug-likeness (QED) is 0.418. The van der Waals surface area contributed by atoms with E-state index in [0.717, 1.165) is 58.5 Å². The summed E-state index contributed by atoms with van der Waals surface area (Å²) in [6, 6.07) is 3.00. The summed E-state index contributed by atoms with van der Waals surface area (Å²) >= 11 is 1.47. The molecule has 0 spiro atoms. The molecule has 8 nitrogen and oxygen atoms in total. The van der Waals surface area contributed by atoms with Crippen molar-refractivity contribution in [3.63, 3.8) is 0 Å². The van der Waals surface area contributed by atoms with Crippen LogP contribution in [0.15, 0.2) is 23.5 Å². The third-order valence-corrected chi connectivity index (χ3v) is 7.57. The zero-order chi connectivity index (χ0) is 24.9. The molecular formula is C26H34N6O2S. The second-order valence-corrected chi connectivity index (χ2v) is 10.8. The van der Waals surface area contributed by atoms with E-state index in [1.54, 1.807) is 12.4 Å². The van der Waals surface area contributed by atoms with E-state index in [-0.39, 0.29) is 17.6 Å². The van der Waals surface area contributed by atoms with Crippen molar-refractivity contribution in [3.05, 3.63) is 29.2 Å². The van der Waals surface area contributed by atoms with Crippen molar-refractivity contribution in [3.8, 4) is 0 Å². The van der Waals surface area contributed by atoms with E-state index >= 15 is 0 Å². The average Bonchev–Trinajstić information content (AvgIpc) is 3.75. The van der Waals surface area contributed by atoms with Crippen molar-refractivity contribution in [2.24, 2.45) is 13.0 Å². The summed E-state index contributed by atoms with van der Waals surface area (Å²) in [5.74, 6) is 0.835. The van der Waals surface area contributed by atoms with Gasteiger partial charge in [0, 0.05) is 48.8 Å². The summed E-state index contributed by atoms with van der Waals surface area (Å²) in [5, 5.41) is 5.08. The van der Waals surface area contributed by atoms with Gasteiger partial charge < -0.3 is 19.4 Å². The highest BCUT2D eigenvalue weighted by Gasteiger charge is 2.42. The number of ketones is 1. The Kier molecular flexibility index (Phi) is 6.38. The molecule has 2 fully saturated rings. The van der Waals surface area contributed by atoms with Crippen molar-refractivity contribution >= 4 is 51.3 Å². The number of thioether (sulfide) groups is 1. The topological polar surface area (TPSA) is 85.0 Å². The molecule has 2 saturated carbocycles. The zero-order valence-electron chi connectivity index (χ0n) is 21.2. The van der Waals surface area contributed by atoms with Crippen LogP contribution in [0.4, 0.5) is 5.82 Å². The monoisotopic (exact) mass is 494 g/mol. The van der Waals surface area contributed by atoms with E-state index in [1.807, 2.05) is 31.7 Å². The van der Waals surface area contributed by atoms with Gasteiger partial charge in [-0.2, -0.15) is 0 Å². The number of imidazole rings is 1. The summed E-state index contributed by atoms with van der Waals surface area (Å²) < 4.78 is 4.14. The second-order valence-electron chi connectivity index (χ2n) is 9.97. The van der Waals surface area contributed by atoms with Gasteiger partial charge >= 0.3 is 0 Å². The second kappa shape index (κ2) is 9.33. The van der Waals surface area contributed by atoms with Gasteiger partial charge in [0.05, 0.1) is 23.3 Å². The number of nitrogens with one attached hydrogen (secondary N) is 1. The smallest absolute Gasteiger partial charge is 0.229 e. The van der Waals surface area contributed by atoms with E-state index < -0.39 is 0 Å². The van der Waals surface area contributed by atoms with E-state index in [1.165, 1.54) is 11.8 Å². The Morgan fingerprint density at radius 2 is 1.94 bits per heavy atom. The Balaban J connectivity index is 1.56. The summed E-state index contributed by atoms with van der Waals surface area (Å²) in [5.41, 5.74) is 3.53. The fourth-order valence-electron chi connectivity index (χ4n) is 4.77. The number of pyridine rings is 1. The van der Waals surface area contributed by atoms with E-state index in [2.05, 4.69) is 32.8 Å². The lowest BCUT2D eigenvalue weighted by Gasteiger charge is -2.22. The first-order chi connectivity index (χ1) is 16.8. The summed E-state index contributed by atoms with van der Waals surface area (Å²) in [6.07, 6.45) is 10.3. The molecule has 0 bridgehead atoms. The number of fused-ring (bicyclic) bond motifs is 3. The Hall–Kier alpha value is -2.81. The molecule has 5 rings (SSSR count). The number of rotatable bonds is 10. The van der Waals surface area contributed by atoms with Crippen LogP contribution < -0.4 is 5.32 Å². The predicted molar refractivity (Wildman–Crippen MR) is 141 cm³/mol. The van der Waals surface area contributed by atoms with Gasteiger partial charge in [-0.3, -0.25) is 9.59 Å². The molecule has 0 radical (unpaired) electrons. The highest BCUT2D eigenvalue weighted by Crippen LogP contribution is 2.38. The summed E-state index contributed by atoms with van der Waals surface area (Å²) in [7, 11) is 1.97. The number of nitrogens with zero attached hydrogens (tertiary/aromatic N) is 5. The Labute approximate surface area is 210 Å². The molecule has 2 aliphatic carbocycles. The van der Waals surface area contributed by atoms with Crippen LogP contribution in [0, 0.1) is 5.92 Å². The molecule has 0 unspecified atom stereocenters. The third-order valence-electron chi connectivity index (χ3n) is 6.91. The molecule has 0 aliphatic heterocycles. The lowest BCUT2D eigenvalue weighted by molar-refractivity contribution is -0.131. The zero-order valence-corrected chi connectivity index (χ0v) is 22.0. The van der Waals surface area contributed by atoms with Crippen molar-refractivity contribution in [1.82, 2.24) is 24.0 Å². The molecule has 0 atom stereocenters. The highest BCUT2D eigenvalue weighted by atomic mass is 32.2. The standard InChI is InChI=1S/C26H34N6O2S/c1-6-31-18(12-22(34)32(16-7-8-16)17-9-10-17)11-19-24-23(27-14-30(24)4)25(29-26(19)31)28-21(35-5)13-20(33)15(2)3/h11,13-17H,6-10,12H2,1-5H3,(H,28,29)/b21-13-. The van der Waals surface area contributed by atoms with Crippen molar-refractivity contribution in [2.45, 2.75) is 71.5 Å². The van der Waals surface area contributed by atoms with E-state index in [0.29, 0.717) is 30.9 Å². The van der Waals surface area contributed by atoms with Gasteiger partial charge in [-0.05, 0) is 44.9 Å². The minimum atomic E-state index is -0.0764. The third kappa shape index (κ3) is 4.58. The van der Waals surface area contributed by atoms with Crippen LogP contribution in [0.1, 0.15) is 52.1 Å². The molecular weight excluding hydrogens is 460 g/mol. The maximum absolute atomic E-state index is 13.3. The van der Waals surface area contributed by atoms with Crippen LogP contribution in [-0.2, 0) is 29.6 Å². The molecule has 35 heavy (non-hydrogen) atoms. The van der Waals surface area contributed by atoms with Gasteiger partial charge in [0.15, 0.2) is 11.6 Å². The highest BCUT2D eigenvalue weighted by molar-refractivity contribution is 8.02. The Bertz CT molecular complexity index is 1320. The first kappa shape index (κ1) is 23.9. The minimum Gasteiger partial charge on any atom is -0.336 e. The molecule has 3 heterocycles. The number of carbonyl (C=O) groups excluding carboxylic acids is 2. The Morgan fingerprint density at radius 1 is 1.26 bits per heavy atom. The number of amides is 1. The molecule has 186 valence electrons. The maximum Gasteiger partial charge on any atom is 0.229 e. The SMILES string of the molecule is CCn1c(CC(=O)N(C2CC2)C2CC2)cc2c3c(ncn3C)c(N/C(=C/C(=O)C(C)C)SC)nc21. The van der Waals surface area contributed by atoms with Crippen LogP contribution in [0.2, 0.25) is 0 Å². The molecule has 0 saturated heterocycles. The molecule has 1 amide bonds. The normalized spacial score (nSPS) is 16.5. The van der Waals surface area contributed by atoms with Crippen molar-refractivity contribution in [2.75, 3.05) is 11.6 Å². The van der Waals surface area contributed by atoms with E-state index in [9.17, 15) is 9.59 Å². The van der Waals surface area contributed by atoms with Crippen molar-refractivity contribution < 1.29 is 9.59 Å². The number of hydrogen-bond donors (Lipinski definition) is 1. The number of aromatic nitrogens is 4. The lowest BCUT2D eigenvalue weighted by atomic mass is 10.1. The molecule has 0 aromatic carbocycles. The van der Waals surface area contributed by atoms with Crippen LogP contribution in [0.3, 0.4) is 0 Å². The van der Waals surface area contributed by atoms with Crippen LogP contribution in [0.25, 0.3) is 22.1 Å². The number of allylic oxidation sites excluding steroid dienone is 1. The van der Waals surface area contributed by atoms with Gasteiger partial charge in [0.2, 0.25) is 5.91 Å². The lowest BCUT2D eigenvalue weighted by Crippen LogP contribution is -2.36. The molecule has 3 aromatic rings.